The molecule has 4 rings (SSSR count). The fourth-order valence-corrected chi connectivity index (χ4v) is 2.96. The number of benzene rings is 1. The monoisotopic (exact) mass is 384 g/mol. The fourth-order valence-electron chi connectivity index (χ4n) is 2.96. The summed E-state index contributed by atoms with van der Waals surface area (Å²) >= 11 is 0. The Hall–Kier alpha value is -3.49. The number of amides is 1. The Kier molecular flexibility index (Phi) is 4.42. The normalized spacial score (nSPS) is 13.3. The van der Waals surface area contributed by atoms with E-state index in [4.69, 9.17) is 9.47 Å². The highest BCUT2D eigenvalue weighted by atomic mass is 19.1. The summed E-state index contributed by atoms with van der Waals surface area (Å²) in [7, 11) is 3.01. The SMILES string of the molecule is COC(=O)c1cc(Oc2cnc(C(=O)N3CCC3)c(F)c2)c2cn(C)nc2c1. The van der Waals surface area contributed by atoms with Gasteiger partial charge in [-0.25, -0.2) is 14.2 Å². The molecule has 0 radical (unpaired) electrons. The van der Waals surface area contributed by atoms with E-state index >= 15 is 0 Å². The zero-order chi connectivity index (χ0) is 19.8. The molecule has 1 aromatic carbocycles. The lowest BCUT2D eigenvalue weighted by Gasteiger charge is -2.30. The zero-order valence-electron chi connectivity index (χ0n) is 15.3. The van der Waals surface area contributed by atoms with Gasteiger partial charge < -0.3 is 14.4 Å². The lowest BCUT2D eigenvalue weighted by atomic mass is 10.1. The van der Waals surface area contributed by atoms with Crippen LogP contribution in [0.2, 0.25) is 0 Å². The largest absolute Gasteiger partial charge is 0.465 e. The second kappa shape index (κ2) is 6.91. The molecule has 28 heavy (non-hydrogen) atoms. The van der Waals surface area contributed by atoms with Gasteiger partial charge in [-0.1, -0.05) is 0 Å². The number of nitrogens with zero attached hydrogens (tertiary/aromatic N) is 4. The number of ether oxygens (including phenoxy) is 2. The first-order valence-corrected chi connectivity index (χ1v) is 8.64. The Morgan fingerprint density at radius 2 is 2.00 bits per heavy atom. The van der Waals surface area contributed by atoms with E-state index in [0.717, 1.165) is 12.5 Å². The van der Waals surface area contributed by atoms with Gasteiger partial charge in [0.1, 0.15) is 11.5 Å². The van der Waals surface area contributed by atoms with Crippen LogP contribution in [0.3, 0.4) is 0 Å². The van der Waals surface area contributed by atoms with Crippen molar-refractivity contribution in [3.8, 4) is 11.5 Å². The molecule has 1 amide bonds. The van der Waals surface area contributed by atoms with Crippen LogP contribution in [0, 0.1) is 5.82 Å². The van der Waals surface area contributed by atoms with Crippen LogP contribution in [-0.4, -0.2) is 51.7 Å². The maximum Gasteiger partial charge on any atom is 0.338 e. The van der Waals surface area contributed by atoms with Gasteiger partial charge in [-0.2, -0.15) is 5.10 Å². The molecule has 0 N–H and O–H groups in total. The smallest absolute Gasteiger partial charge is 0.338 e. The Morgan fingerprint density at radius 3 is 2.64 bits per heavy atom. The first-order chi connectivity index (χ1) is 13.5. The van der Waals surface area contributed by atoms with Gasteiger partial charge in [0, 0.05) is 32.4 Å². The Balaban J connectivity index is 1.68. The number of likely N-dealkylation sites (tertiary alicyclic amines) is 1. The summed E-state index contributed by atoms with van der Waals surface area (Å²) in [5, 5.41) is 4.91. The van der Waals surface area contributed by atoms with Gasteiger partial charge in [-0.3, -0.25) is 9.48 Å². The number of methoxy groups -OCH3 is 1. The van der Waals surface area contributed by atoms with Crippen LogP contribution in [0.1, 0.15) is 27.3 Å². The first-order valence-electron chi connectivity index (χ1n) is 8.64. The standard InChI is InChI=1S/C19H17FN4O4/c1-23-10-13-15(22-23)6-11(19(26)27-2)7-16(13)28-12-8-14(20)17(21-9-12)18(25)24-4-3-5-24/h6-10H,3-5H2,1-2H3. The topological polar surface area (TPSA) is 86.5 Å². The third-order valence-electron chi connectivity index (χ3n) is 4.51. The molecule has 0 atom stereocenters. The maximum absolute atomic E-state index is 14.4. The number of halogens is 1. The van der Waals surface area contributed by atoms with Crippen molar-refractivity contribution in [2.24, 2.45) is 7.05 Å². The summed E-state index contributed by atoms with van der Waals surface area (Å²) in [5.74, 6) is -1.34. The van der Waals surface area contributed by atoms with Crippen molar-refractivity contribution < 1.29 is 23.5 Å². The summed E-state index contributed by atoms with van der Waals surface area (Å²) < 4.78 is 26.5. The molecule has 1 saturated heterocycles. The number of hydrogen-bond donors (Lipinski definition) is 0. The fraction of sp³-hybridized carbons (Fsp3) is 0.263. The van der Waals surface area contributed by atoms with Gasteiger partial charge in [-0.15, -0.1) is 0 Å². The van der Waals surface area contributed by atoms with E-state index < -0.39 is 17.7 Å². The Labute approximate surface area is 159 Å². The molecule has 8 nitrogen and oxygen atoms in total. The molecular formula is C19H17FN4O4. The molecule has 0 saturated carbocycles. The molecule has 1 aliphatic rings. The number of rotatable bonds is 4. The summed E-state index contributed by atoms with van der Waals surface area (Å²) in [6, 6.07) is 4.18. The number of esters is 1. The second-order valence-electron chi connectivity index (χ2n) is 6.45. The highest BCUT2D eigenvalue weighted by molar-refractivity contribution is 5.97. The first kappa shape index (κ1) is 17.9. The molecular weight excluding hydrogens is 367 g/mol. The van der Waals surface area contributed by atoms with Crippen molar-refractivity contribution >= 4 is 22.8 Å². The summed E-state index contributed by atoms with van der Waals surface area (Å²) in [4.78, 5) is 29.5. The van der Waals surface area contributed by atoms with Gasteiger partial charge in [0.15, 0.2) is 11.5 Å². The van der Waals surface area contributed by atoms with Crippen molar-refractivity contribution in [3.63, 3.8) is 0 Å². The van der Waals surface area contributed by atoms with Crippen LogP contribution < -0.4 is 4.74 Å². The van der Waals surface area contributed by atoms with Gasteiger partial charge in [-0.05, 0) is 18.6 Å². The molecule has 0 spiro atoms. The van der Waals surface area contributed by atoms with Crippen LogP contribution in [0.15, 0.2) is 30.6 Å². The predicted molar refractivity (Wildman–Crippen MR) is 96.8 cm³/mol. The summed E-state index contributed by atoms with van der Waals surface area (Å²) in [6.45, 7) is 1.22. The van der Waals surface area contributed by atoms with E-state index in [-0.39, 0.29) is 17.0 Å². The molecule has 1 fully saturated rings. The van der Waals surface area contributed by atoms with Crippen LogP contribution in [0.25, 0.3) is 10.9 Å². The number of fused-ring (bicyclic) bond motifs is 1. The quantitative estimate of drug-likeness (QED) is 0.643. The van der Waals surface area contributed by atoms with E-state index in [0.29, 0.717) is 29.7 Å². The highest BCUT2D eigenvalue weighted by Crippen LogP contribution is 2.31. The lowest BCUT2D eigenvalue weighted by molar-refractivity contribution is 0.0599. The van der Waals surface area contributed by atoms with E-state index in [1.165, 1.54) is 24.3 Å². The van der Waals surface area contributed by atoms with Gasteiger partial charge in [0.25, 0.3) is 5.91 Å². The summed E-state index contributed by atoms with van der Waals surface area (Å²) in [5.41, 5.74) is 0.544. The van der Waals surface area contributed by atoms with Crippen molar-refractivity contribution in [2.75, 3.05) is 20.2 Å². The molecule has 1 aliphatic heterocycles. The van der Waals surface area contributed by atoms with Gasteiger partial charge in [0.2, 0.25) is 0 Å². The molecule has 9 heteroatoms. The Morgan fingerprint density at radius 1 is 1.21 bits per heavy atom. The number of pyridine rings is 1. The minimum Gasteiger partial charge on any atom is -0.465 e. The third kappa shape index (κ3) is 3.15. The average molecular weight is 384 g/mol. The van der Waals surface area contributed by atoms with Crippen molar-refractivity contribution in [1.82, 2.24) is 19.7 Å². The number of carbonyl (C=O) groups excluding carboxylic acids is 2. The summed E-state index contributed by atoms with van der Waals surface area (Å²) in [6.07, 6.45) is 3.91. The molecule has 3 aromatic rings. The van der Waals surface area contributed by atoms with E-state index in [1.54, 1.807) is 24.0 Å². The highest BCUT2D eigenvalue weighted by Gasteiger charge is 2.25. The predicted octanol–water partition coefficient (Wildman–Crippen LogP) is 2.53. The maximum atomic E-state index is 14.4. The molecule has 3 heterocycles. The van der Waals surface area contributed by atoms with E-state index in [2.05, 4.69) is 10.1 Å². The molecule has 0 aliphatic carbocycles. The van der Waals surface area contributed by atoms with Crippen LogP contribution in [-0.2, 0) is 11.8 Å². The van der Waals surface area contributed by atoms with Crippen LogP contribution in [0.5, 0.6) is 11.5 Å². The zero-order valence-corrected chi connectivity index (χ0v) is 15.3. The van der Waals surface area contributed by atoms with Crippen molar-refractivity contribution in [3.05, 3.63) is 47.7 Å². The van der Waals surface area contributed by atoms with Gasteiger partial charge in [0.05, 0.1) is 29.8 Å². The Bertz CT molecular complexity index is 1090. The third-order valence-corrected chi connectivity index (χ3v) is 4.51. The molecule has 0 unspecified atom stereocenters. The molecule has 2 aromatic heterocycles. The minimum absolute atomic E-state index is 0.102. The number of hydrogen-bond acceptors (Lipinski definition) is 6. The van der Waals surface area contributed by atoms with Crippen molar-refractivity contribution in [1.29, 1.82) is 0 Å². The molecule has 144 valence electrons. The number of aryl methyl sites for hydroxylation is 1. The van der Waals surface area contributed by atoms with E-state index in [1.807, 2.05) is 0 Å². The second-order valence-corrected chi connectivity index (χ2v) is 6.45. The van der Waals surface area contributed by atoms with Gasteiger partial charge >= 0.3 is 5.97 Å². The molecule has 0 bridgehead atoms. The van der Waals surface area contributed by atoms with Crippen molar-refractivity contribution in [2.45, 2.75) is 6.42 Å². The van der Waals surface area contributed by atoms with E-state index in [9.17, 15) is 14.0 Å². The van der Waals surface area contributed by atoms with Crippen LogP contribution in [0.4, 0.5) is 4.39 Å². The number of carbonyl (C=O) groups is 2. The van der Waals surface area contributed by atoms with Crippen LogP contribution >= 0.6 is 0 Å². The average Bonchev–Trinajstić information content (AvgIpc) is 3.00. The minimum atomic E-state index is -0.763. The number of aromatic nitrogens is 3. The lowest BCUT2D eigenvalue weighted by Crippen LogP contribution is -2.42.